The molecular weight excluding hydrogens is 478 g/mol. The molecule has 0 spiro atoms. The second-order valence-corrected chi connectivity index (χ2v) is 9.30. The number of fused-ring (bicyclic) bond motifs is 1. The highest BCUT2D eigenvalue weighted by Gasteiger charge is 2.12. The molecule has 1 amide bonds. The molecule has 0 bridgehead atoms. The molecule has 2 aromatic heterocycles. The number of aromatic nitrogens is 3. The van der Waals surface area contributed by atoms with Crippen LogP contribution >= 0.6 is 0 Å². The highest BCUT2D eigenvalue weighted by molar-refractivity contribution is 6.00. The summed E-state index contributed by atoms with van der Waals surface area (Å²) in [5.74, 6) is 0.310. The molecule has 2 N–H and O–H groups in total. The molecule has 0 unspecified atom stereocenters. The minimum atomic E-state index is -0.177. The summed E-state index contributed by atoms with van der Waals surface area (Å²) in [5.41, 5.74) is 5.06. The molecule has 0 atom stereocenters. The Morgan fingerprint density at radius 1 is 1.05 bits per heavy atom. The topological polar surface area (TPSA) is 95.5 Å². The summed E-state index contributed by atoms with van der Waals surface area (Å²) >= 11 is 0. The third-order valence-corrected chi connectivity index (χ3v) is 6.14. The van der Waals surface area contributed by atoms with E-state index >= 15 is 0 Å². The normalized spacial score (nSPS) is 13.8. The maximum atomic E-state index is 12.3. The monoisotopic (exact) mass is 509 g/mol. The van der Waals surface area contributed by atoms with Crippen LogP contribution in [0.2, 0.25) is 0 Å². The SMILES string of the molecule is CN(C)C/C=C/C(=O)Nc1cccc(-c2nccc3cnc(Nc4ccc(N5CCOCC5)cc4)nc23)c1. The van der Waals surface area contributed by atoms with Crippen molar-refractivity contribution in [3.05, 3.63) is 79.1 Å². The number of pyridine rings is 1. The number of rotatable bonds is 8. The smallest absolute Gasteiger partial charge is 0.248 e. The lowest BCUT2D eigenvalue weighted by Gasteiger charge is -2.28. The molecular formula is C29H31N7O2. The Bertz CT molecular complexity index is 1430. The maximum absolute atomic E-state index is 12.3. The van der Waals surface area contributed by atoms with E-state index in [9.17, 15) is 4.79 Å². The van der Waals surface area contributed by atoms with Gasteiger partial charge in [0.1, 0.15) is 5.52 Å². The van der Waals surface area contributed by atoms with Gasteiger partial charge in [-0.1, -0.05) is 18.2 Å². The van der Waals surface area contributed by atoms with Gasteiger partial charge >= 0.3 is 0 Å². The molecule has 38 heavy (non-hydrogen) atoms. The van der Waals surface area contributed by atoms with Gasteiger partial charge in [-0.15, -0.1) is 0 Å². The van der Waals surface area contributed by atoms with Crippen molar-refractivity contribution < 1.29 is 9.53 Å². The predicted octanol–water partition coefficient (Wildman–Crippen LogP) is 4.33. The van der Waals surface area contributed by atoms with Gasteiger partial charge in [-0.3, -0.25) is 9.78 Å². The first-order chi connectivity index (χ1) is 18.5. The fourth-order valence-electron chi connectivity index (χ4n) is 4.23. The van der Waals surface area contributed by atoms with Gasteiger partial charge in [-0.05, 0) is 56.6 Å². The highest BCUT2D eigenvalue weighted by atomic mass is 16.5. The largest absolute Gasteiger partial charge is 0.378 e. The van der Waals surface area contributed by atoms with Crippen LogP contribution in [0.5, 0.6) is 0 Å². The first kappa shape index (κ1) is 25.3. The lowest BCUT2D eigenvalue weighted by molar-refractivity contribution is -0.111. The highest BCUT2D eigenvalue weighted by Crippen LogP contribution is 2.28. The number of amides is 1. The van der Waals surface area contributed by atoms with Crippen molar-refractivity contribution in [2.24, 2.45) is 0 Å². The summed E-state index contributed by atoms with van der Waals surface area (Å²) < 4.78 is 5.45. The van der Waals surface area contributed by atoms with E-state index in [4.69, 9.17) is 9.72 Å². The van der Waals surface area contributed by atoms with Crippen LogP contribution in [0.4, 0.5) is 23.0 Å². The minimum Gasteiger partial charge on any atom is -0.378 e. The lowest BCUT2D eigenvalue weighted by atomic mass is 10.1. The van der Waals surface area contributed by atoms with Crippen molar-refractivity contribution in [2.75, 3.05) is 62.5 Å². The van der Waals surface area contributed by atoms with Crippen LogP contribution < -0.4 is 15.5 Å². The number of hydrogen-bond acceptors (Lipinski definition) is 8. The number of likely N-dealkylation sites (N-methyl/N-ethyl adjacent to an activating group) is 1. The summed E-state index contributed by atoms with van der Waals surface area (Å²) in [5, 5.41) is 7.11. The number of carbonyl (C=O) groups is 1. The zero-order valence-corrected chi connectivity index (χ0v) is 21.6. The van der Waals surface area contributed by atoms with E-state index in [-0.39, 0.29) is 5.91 Å². The van der Waals surface area contributed by atoms with Crippen LogP contribution in [-0.4, -0.2) is 72.7 Å². The zero-order chi connectivity index (χ0) is 26.3. The summed E-state index contributed by atoms with van der Waals surface area (Å²) in [6, 6.07) is 17.7. The molecule has 2 aromatic carbocycles. The number of hydrogen-bond donors (Lipinski definition) is 2. The van der Waals surface area contributed by atoms with E-state index in [0.717, 1.165) is 54.2 Å². The summed E-state index contributed by atoms with van der Waals surface area (Å²) in [4.78, 5) is 30.5. The number of ether oxygens (including phenoxy) is 1. The summed E-state index contributed by atoms with van der Waals surface area (Å²) in [7, 11) is 3.91. The van der Waals surface area contributed by atoms with E-state index in [2.05, 4.69) is 37.6 Å². The summed E-state index contributed by atoms with van der Waals surface area (Å²) in [6.07, 6.45) is 6.90. The standard InChI is InChI=1S/C29H31N7O2/c1-35(2)14-4-7-26(37)32-24-6-3-5-21(19-24)27-28-22(12-13-30-27)20-31-29(34-28)33-23-8-10-25(11-9-23)36-15-17-38-18-16-36/h3-13,19-20H,14-18H2,1-2H3,(H,32,37)(H,31,33,34)/b7-4+. The molecule has 0 radical (unpaired) electrons. The third-order valence-electron chi connectivity index (χ3n) is 6.14. The number of benzene rings is 2. The molecule has 1 fully saturated rings. The third kappa shape index (κ3) is 6.31. The Morgan fingerprint density at radius 2 is 1.87 bits per heavy atom. The second-order valence-electron chi connectivity index (χ2n) is 9.30. The fourth-order valence-corrected chi connectivity index (χ4v) is 4.23. The Labute approximate surface area is 222 Å². The lowest BCUT2D eigenvalue weighted by Crippen LogP contribution is -2.36. The van der Waals surface area contributed by atoms with Gasteiger partial charge in [0.25, 0.3) is 0 Å². The van der Waals surface area contributed by atoms with Crippen molar-refractivity contribution in [1.82, 2.24) is 19.9 Å². The van der Waals surface area contributed by atoms with Crippen molar-refractivity contribution in [1.29, 1.82) is 0 Å². The van der Waals surface area contributed by atoms with Gasteiger partial charge in [0.15, 0.2) is 0 Å². The van der Waals surface area contributed by atoms with Gasteiger partial charge in [0.2, 0.25) is 11.9 Å². The van der Waals surface area contributed by atoms with E-state index < -0.39 is 0 Å². The van der Waals surface area contributed by atoms with Gasteiger partial charge in [-0.2, -0.15) is 0 Å². The number of nitrogens with zero attached hydrogens (tertiary/aromatic N) is 5. The Morgan fingerprint density at radius 3 is 2.66 bits per heavy atom. The predicted molar refractivity (Wildman–Crippen MR) is 152 cm³/mol. The van der Waals surface area contributed by atoms with E-state index in [1.165, 1.54) is 5.69 Å². The maximum Gasteiger partial charge on any atom is 0.248 e. The molecule has 194 valence electrons. The van der Waals surface area contributed by atoms with Crippen molar-refractivity contribution in [3.8, 4) is 11.3 Å². The van der Waals surface area contributed by atoms with Crippen molar-refractivity contribution >= 4 is 39.8 Å². The van der Waals surface area contributed by atoms with Crippen LogP contribution in [0, 0.1) is 0 Å². The molecule has 5 rings (SSSR count). The van der Waals surface area contributed by atoms with E-state index in [0.29, 0.717) is 18.2 Å². The molecule has 1 aliphatic heterocycles. The Kier molecular flexibility index (Phi) is 7.86. The fraction of sp³-hybridized carbons (Fsp3) is 0.241. The van der Waals surface area contributed by atoms with Gasteiger partial charge < -0.3 is 25.2 Å². The molecule has 0 saturated carbocycles. The first-order valence-electron chi connectivity index (χ1n) is 12.6. The average Bonchev–Trinajstić information content (AvgIpc) is 2.93. The van der Waals surface area contributed by atoms with Crippen LogP contribution in [0.25, 0.3) is 22.2 Å². The molecule has 9 nitrogen and oxygen atoms in total. The van der Waals surface area contributed by atoms with E-state index in [1.54, 1.807) is 18.5 Å². The van der Waals surface area contributed by atoms with E-state index in [1.807, 2.05) is 67.5 Å². The quantitative estimate of drug-likeness (QED) is 0.339. The molecule has 4 aromatic rings. The van der Waals surface area contributed by atoms with Crippen LogP contribution in [0.1, 0.15) is 0 Å². The number of carbonyl (C=O) groups excluding carboxylic acids is 1. The number of anilines is 4. The number of nitrogens with one attached hydrogen (secondary N) is 2. The zero-order valence-electron chi connectivity index (χ0n) is 21.6. The molecule has 3 heterocycles. The van der Waals surface area contributed by atoms with Crippen molar-refractivity contribution in [3.63, 3.8) is 0 Å². The molecule has 0 aliphatic carbocycles. The molecule has 1 aliphatic rings. The number of morpholine rings is 1. The molecule has 9 heteroatoms. The van der Waals surface area contributed by atoms with Gasteiger partial charge in [0.05, 0.1) is 18.9 Å². The van der Waals surface area contributed by atoms with Crippen LogP contribution in [0.15, 0.2) is 79.1 Å². The Hall–Kier alpha value is -4.34. The average molecular weight is 510 g/mol. The first-order valence-corrected chi connectivity index (χ1v) is 12.6. The van der Waals surface area contributed by atoms with Crippen LogP contribution in [0.3, 0.4) is 0 Å². The van der Waals surface area contributed by atoms with Crippen molar-refractivity contribution in [2.45, 2.75) is 0 Å². The molecule has 1 saturated heterocycles. The summed E-state index contributed by atoms with van der Waals surface area (Å²) in [6.45, 7) is 4.00. The van der Waals surface area contributed by atoms with Crippen LogP contribution in [-0.2, 0) is 9.53 Å². The van der Waals surface area contributed by atoms with Gasteiger partial charge in [-0.25, -0.2) is 9.97 Å². The Balaban J connectivity index is 1.35. The minimum absolute atomic E-state index is 0.177. The second kappa shape index (κ2) is 11.8. The van der Waals surface area contributed by atoms with Gasteiger partial charge in [0, 0.05) is 66.1 Å².